The molecule has 1 rings (SSSR count). The molecule has 0 aliphatic rings. The summed E-state index contributed by atoms with van der Waals surface area (Å²) in [7, 11) is -3.67. The molecule has 0 unspecified atom stereocenters. The summed E-state index contributed by atoms with van der Waals surface area (Å²) in [6.07, 6.45) is 0.715. The van der Waals surface area contributed by atoms with E-state index in [1.807, 2.05) is 31.2 Å². The molecule has 74 valence electrons. The number of benzene rings is 1. The minimum atomic E-state index is -3.67. The van der Waals surface area contributed by atoms with Gasteiger partial charge in [0.1, 0.15) is 0 Å². The quantitative estimate of drug-likeness (QED) is 0.517. The molecule has 1 aromatic rings. The summed E-state index contributed by atoms with van der Waals surface area (Å²) in [5, 5.41) is 0. The standard InChI is InChI=1S/C7H8S.CH4O3S/c1-6-4-2-3-5-7(6)8;1-5(2,3)4/h2-5,8H,1H3;1H3,(H,2,3,4). The molecule has 0 fully saturated rings. The minimum Gasteiger partial charge on any atom is -0.286 e. The van der Waals surface area contributed by atoms with Crippen molar-refractivity contribution >= 4 is 22.7 Å². The highest BCUT2D eigenvalue weighted by Crippen LogP contribution is 2.09. The molecular weight excluding hydrogens is 208 g/mol. The van der Waals surface area contributed by atoms with E-state index in [0.29, 0.717) is 6.26 Å². The van der Waals surface area contributed by atoms with E-state index in [4.69, 9.17) is 4.55 Å². The summed E-state index contributed by atoms with van der Waals surface area (Å²) < 4.78 is 25.9. The lowest BCUT2D eigenvalue weighted by Crippen LogP contribution is -1.88. The predicted octanol–water partition coefficient (Wildman–Crippen LogP) is 1.79. The summed E-state index contributed by atoms with van der Waals surface area (Å²) in [6.45, 7) is 2.04. The second-order valence-electron chi connectivity index (χ2n) is 2.52. The molecule has 1 N–H and O–H groups in total. The second-order valence-corrected chi connectivity index (χ2v) is 4.47. The molecule has 0 saturated carbocycles. The van der Waals surface area contributed by atoms with Crippen LogP contribution in [0, 0.1) is 6.92 Å². The molecule has 5 heteroatoms. The molecule has 0 aliphatic carbocycles. The van der Waals surface area contributed by atoms with Crippen LogP contribution < -0.4 is 0 Å². The van der Waals surface area contributed by atoms with Gasteiger partial charge in [-0.25, -0.2) is 0 Å². The fourth-order valence-electron chi connectivity index (χ4n) is 0.563. The van der Waals surface area contributed by atoms with Gasteiger partial charge in [0.15, 0.2) is 0 Å². The van der Waals surface area contributed by atoms with Crippen LogP contribution >= 0.6 is 12.6 Å². The highest BCUT2D eigenvalue weighted by Gasteiger charge is 1.85. The lowest BCUT2D eigenvalue weighted by atomic mass is 10.2. The molecule has 0 bridgehead atoms. The molecule has 0 aliphatic heterocycles. The normalized spacial score (nSPS) is 10.2. The Balaban J connectivity index is 0.000000252. The zero-order chi connectivity index (χ0) is 10.5. The molecule has 0 amide bonds. The van der Waals surface area contributed by atoms with Gasteiger partial charge in [-0.05, 0) is 18.6 Å². The maximum atomic E-state index is 9.19. The lowest BCUT2D eigenvalue weighted by molar-refractivity contribution is 0.490. The minimum absolute atomic E-state index is 0.715. The largest absolute Gasteiger partial charge is 0.286 e. The molecule has 0 heterocycles. The van der Waals surface area contributed by atoms with Crippen molar-refractivity contribution in [3.05, 3.63) is 29.8 Å². The van der Waals surface area contributed by atoms with Crippen LogP contribution in [0.4, 0.5) is 0 Å². The van der Waals surface area contributed by atoms with E-state index in [-0.39, 0.29) is 0 Å². The Hall–Kier alpha value is -0.520. The summed E-state index contributed by atoms with van der Waals surface area (Å²) in [5.41, 5.74) is 1.23. The molecule has 13 heavy (non-hydrogen) atoms. The maximum absolute atomic E-state index is 9.19. The maximum Gasteiger partial charge on any atom is 0.261 e. The Morgan fingerprint density at radius 1 is 1.31 bits per heavy atom. The Morgan fingerprint density at radius 3 is 1.92 bits per heavy atom. The Bertz CT molecular complexity index is 328. The van der Waals surface area contributed by atoms with E-state index in [9.17, 15) is 8.42 Å². The lowest BCUT2D eigenvalue weighted by Gasteiger charge is -1.92. The molecule has 0 spiro atoms. The van der Waals surface area contributed by atoms with Crippen molar-refractivity contribution in [1.82, 2.24) is 0 Å². The van der Waals surface area contributed by atoms with Crippen LogP contribution in [0.2, 0.25) is 0 Å². The van der Waals surface area contributed by atoms with Crippen molar-refractivity contribution in [2.45, 2.75) is 11.8 Å². The van der Waals surface area contributed by atoms with Gasteiger partial charge in [0.2, 0.25) is 0 Å². The molecule has 0 saturated heterocycles. The predicted molar refractivity (Wildman–Crippen MR) is 55.9 cm³/mol. The highest BCUT2D eigenvalue weighted by atomic mass is 32.2. The van der Waals surface area contributed by atoms with Gasteiger partial charge in [0.05, 0.1) is 6.26 Å². The summed E-state index contributed by atoms with van der Waals surface area (Å²) >= 11 is 4.20. The number of hydrogen-bond acceptors (Lipinski definition) is 3. The first kappa shape index (κ1) is 12.5. The van der Waals surface area contributed by atoms with Crippen LogP contribution in [0.3, 0.4) is 0 Å². The first-order valence-electron chi connectivity index (χ1n) is 3.48. The van der Waals surface area contributed by atoms with E-state index < -0.39 is 10.1 Å². The first-order valence-corrected chi connectivity index (χ1v) is 5.77. The van der Waals surface area contributed by atoms with Crippen molar-refractivity contribution < 1.29 is 13.0 Å². The molecule has 0 atom stereocenters. The van der Waals surface area contributed by atoms with Crippen LogP contribution in [0.1, 0.15) is 5.56 Å². The zero-order valence-electron chi connectivity index (χ0n) is 7.43. The molecule has 0 aromatic heterocycles. The molecule has 1 aromatic carbocycles. The van der Waals surface area contributed by atoms with Crippen LogP contribution in [-0.4, -0.2) is 19.2 Å². The summed E-state index contributed by atoms with van der Waals surface area (Å²) in [4.78, 5) is 1.06. The third kappa shape index (κ3) is 9.39. The molecule has 0 radical (unpaired) electrons. The van der Waals surface area contributed by atoms with Crippen LogP contribution in [0.15, 0.2) is 29.2 Å². The van der Waals surface area contributed by atoms with Gasteiger partial charge < -0.3 is 0 Å². The van der Waals surface area contributed by atoms with Gasteiger partial charge in [-0.1, -0.05) is 18.2 Å². The van der Waals surface area contributed by atoms with Crippen molar-refractivity contribution in [2.24, 2.45) is 0 Å². The van der Waals surface area contributed by atoms with E-state index in [2.05, 4.69) is 12.6 Å². The van der Waals surface area contributed by atoms with Crippen LogP contribution in [0.5, 0.6) is 0 Å². The Morgan fingerprint density at radius 2 is 1.69 bits per heavy atom. The van der Waals surface area contributed by atoms with Crippen molar-refractivity contribution in [3.63, 3.8) is 0 Å². The monoisotopic (exact) mass is 220 g/mol. The summed E-state index contributed by atoms with van der Waals surface area (Å²) in [6, 6.07) is 8.02. The SMILES string of the molecule is CS(=O)(=O)O.Cc1ccccc1S. The molecule has 3 nitrogen and oxygen atoms in total. The van der Waals surface area contributed by atoms with Gasteiger partial charge in [-0.2, -0.15) is 8.42 Å². The fourth-order valence-corrected chi connectivity index (χ4v) is 0.724. The van der Waals surface area contributed by atoms with E-state index in [1.54, 1.807) is 0 Å². The number of thiol groups is 1. The molecular formula is C8H12O3S2. The number of hydrogen-bond donors (Lipinski definition) is 2. The smallest absolute Gasteiger partial charge is 0.261 e. The fraction of sp³-hybridized carbons (Fsp3) is 0.250. The third-order valence-corrected chi connectivity index (χ3v) is 1.62. The zero-order valence-corrected chi connectivity index (χ0v) is 9.14. The van der Waals surface area contributed by atoms with Crippen molar-refractivity contribution in [1.29, 1.82) is 0 Å². The average molecular weight is 220 g/mol. The van der Waals surface area contributed by atoms with E-state index in [1.165, 1.54) is 5.56 Å². The highest BCUT2D eigenvalue weighted by molar-refractivity contribution is 7.85. The van der Waals surface area contributed by atoms with E-state index >= 15 is 0 Å². The number of rotatable bonds is 0. The Kier molecular flexibility index (Phi) is 5.05. The van der Waals surface area contributed by atoms with Gasteiger partial charge in [0, 0.05) is 4.90 Å². The third-order valence-electron chi connectivity index (χ3n) is 1.12. The van der Waals surface area contributed by atoms with Crippen LogP contribution in [-0.2, 0) is 10.1 Å². The topological polar surface area (TPSA) is 54.4 Å². The second kappa shape index (κ2) is 5.26. The average Bonchev–Trinajstić information content (AvgIpc) is 1.92. The first-order chi connectivity index (χ1) is 5.80. The van der Waals surface area contributed by atoms with Gasteiger partial charge in [0.25, 0.3) is 10.1 Å². The summed E-state index contributed by atoms with van der Waals surface area (Å²) in [5.74, 6) is 0. The Labute approximate surface area is 84.0 Å². The van der Waals surface area contributed by atoms with Gasteiger partial charge in [-0.3, -0.25) is 4.55 Å². The van der Waals surface area contributed by atoms with Gasteiger partial charge >= 0.3 is 0 Å². The number of aryl methyl sites for hydroxylation is 1. The van der Waals surface area contributed by atoms with Crippen molar-refractivity contribution in [2.75, 3.05) is 6.26 Å². The van der Waals surface area contributed by atoms with Gasteiger partial charge in [-0.15, -0.1) is 12.6 Å². The van der Waals surface area contributed by atoms with Crippen molar-refractivity contribution in [3.8, 4) is 0 Å². The van der Waals surface area contributed by atoms with E-state index in [0.717, 1.165) is 4.90 Å². The van der Waals surface area contributed by atoms with Crippen LogP contribution in [0.25, 0.3) is 0 Å².